The molecule has 9 aromatic carbocycles. The molecule has 0 aliphatic carbocycles. The molecule has 0 spiro atoms. The molecule has 6 aromatic heterocycles. The van der Waals surface area contributed by atoms with Crippen LogP contribution in [0.1, 0.15) is 76.5 Å². The summed E-state index contributed by atoms with van der Waals surface area (Å²) in [5.41, 5.74) is 28.1. The van der Waals surface area contributed by atoms with E-state index >= 15 is 0 Å². The number of aryl methyl sites for hydroxylation is 3. The maximum atomic E-state index is 13.9. The van der Waals surface area contributed by atoms with Gasteiger partial charge in [0.25, 0.3) is 5.56 Å². The van der Waals surface area contributed by atoms with Crippen molar-refractivity contribution in [2.24, 2.45) is 4.99 Å². The lowest BCUT2D eigenvalue weighted by Gasteiger charge is -2.28. The second kappa shape index (κ2) is 41.6. The molecule has 5 amide bonds. The molecule has 0 bridgehead atoms. The molecule has 24 nitrogen and oxygen atoms in total. The first-order valence-corrected chi connectivity index (χ1v) is 46.0. The second-order valence-electron chi connectivity index (χ2n) is 33.9. The average Bonchev–Trinajstić information content (AvgIpc) is 1.77. The minimum absolute atomic E-state index is 0.00277. The summed E-state index contributed by atoms with van der Waals surface area (Å²) in [5.74, 6) is -0.754. The molecular formula is C106H100F4N18O6S. The molecule has 11 heterocycles. The van der Waals surface area contributed by atoms with Crippen LogP contribution in [0.5, 0.6) is 0 Å². The molecule has 0 saturated carbocycles. The number of nitrogen functional groups attached to an aromatic ring is 1. The molecule has 15 aromatic rings. The zero-order chi connectivity index (χ0) is 93.8. The van der Waals surface area contributed by atoms with Crippen LogP contribution in [-0.4, -0.2) is 162 Å². The van der Waals surface area contributed by atoms with Gasteiger partial charge in [-0.05, 0) is 212 Å². The maximum Gasteiger partial charge on any atom is 0.256 e. The molecule has 0 fully saturated rings. The third-order valence-electron chi connectivity index (χ3n) is 24.8. The van der Waals surface area contributed by atoms with Gasteiger partial charge in [0.1, 0.15) is 55.3 Å². The van der Waals surface area contributed by atoms with E-state index in [1.165, 1.54) is 71.4 Å². The van der Waals surface area contributed by atoms with Gasteiger partial charge in [-0.25, -0.2) is 27.5 Å². The number of fused-ring (bicyclic) bond motifs is 3. The highest BCUT2D eigenvalue weighted by atomic mass is 32.1. The van der Waals surface area contributed by atoms with Crippen LogP contribution in [0.4, 0.5) is 28.4 Å². The number of nitrogens with zero attached hydrogens (tertiary/aromatic N) is 15. The van der Waals surface area contributed by atoms with Gasteiger partial charge in [-0.1, -0.05) is 134 Å². The number of nitrogens with one attached hydrogen (secondary N) is 2. The van der Waals surface area contributed by atoms with Crippen molar-refractivity contribution in [3.63, 3.8) is 0 Å². The number of thiazole rings is 1. The van der Waals surface area contributed by atoms with Crippen LogP contribution in [0.25, 0.3) is 90.2 Å². The zero-order valence-electron chi connectivity index (χ0n) is 75.3. The number of carbonyl (C=O) groups excluding carboxylic acids is 5. The Morgan fingerprint density at radius 1 is 0.430 bits per heavy atom. The molecule has 684 valence electrons. The molecule has 4 N–H and O–H groups in total. The molecule has 0 saturated heterocycles. The third-order valence-corrected chi connectivity index (χ3v) is 25.8. The fourth-order valence-corrected chi connectivity index (χ4v) is 18.3. The number of aliphatic imine (C=N–C) groups is 1. The maximum absolute atomic E-state index is 13.9. The van der Waals surface area contributed by atoms with E-state index in [4.69, 9.17) is 20.9 Å². The summed E-state index contributed by atoms with van der Waals surface area (Å²) in [6, 6.07) is 75.1. The van der Waals surface area contributed by atoms with Gasteiger partial charge in [0.15, 0.2) is 5.13 Å². The Hall–Kier alpha value is -15.4. The van der Waals surface area contributed by atoms with Crippen LogP contribution in [0, 0.1) is 37.1 Å². The average molecular weight is 1830 g/mol. The summed E-state index contributed by atoms with van der Waals surface area (Å²) in [6.45, 7) is 12.9. The predicted molar refractivity (Wildman–Crippen MR) is 517 cm³/mol. The van der Waals surface area contributed by atoms with E-state index < -0.39 is 0 Å². The highest BCUT2D eigenvalue weighted by Gasteiger charge is 2.30. The minimum Gasteiger partial charge on any atom is -0.375 e. The number of rotatable bonds is 18. The summed E-state index contributed by atoms with van der Waals surface area (Å²) in [4.78, 5) is 102. The molecule has 20 rings (SSSR count). The van der Waals surface area contributed by atoms with Crippen molar-refractivity contribution in [2.45, 2.75) is 112 Å². The Morgan fingerprint density at radius 3 is 1.40 bits per heavy atom. The van der Waals surface area contributed by atoms with Crippen LogP contribution in [0.15, 0.2) is 270 Å². The van der Waals surface area contributed by atoms with Crippen LogP contribution in [0.3, 0.4) is 0 Å². The second-order valence-corrected chi connectivity index (χ2v) is 35.0. The molecule has 29 heteroatoms. The lowest BCUT2D eigenvalue weighted by atomic mass is 10.0. The Bertz CT molecular complexity index is 6970. The Labute approximate surface area is 782 Å². The summed E-state index contributed by atoms with van der Waals surface area (Å²) in [5, 5.41) is 22.2. The van der Waals surface area contributed by atoms with Crippen molar-refractivity contribution in [2.75, 3.05) is 63.4 Å². The van der Waals surface area contributed by atoms with Crippen LogP contribution in [-0.2, 0) is 95.2 Å². The number of benzene rings is 9. The van der Waals surface area contributed by atoms with Crippen molar-refractivity contribution < 1.29 is 41.5 Å². The zero-order valence-corrected chi connectivity index (χ0v) is 76.1. The predicted octanol–water partition coefficient (Wildman–Crippen LogP) is 17.5. The van der Waals surface area contributed by atoms with E-state index in [1.807, 2.05) is 185 Å². The lowest BCUT2D eigenvalue weighted by molar-refractivity contribution is -0.133. The number of hydrogen-bond acceptors (Lipinski definition) is 15. The van der Waals surface area contributed by atoms with E-state index in [-0.39, 0.29) is 91.1 Å². The summed E-state index contributed by atoms with van der Waals surface area (Å²) in [7, 11) is 0. The summed E-state index contributed by atoms with van der Waals surface area (Å²) in [6.07, 6.45) is 7.93. The van der Waals surface area contributed by atoms with E-state index in [2.05, 4.69) is 37.4 Å². The topological polar surface area (TPSA) is 279 Å². The number of H-pyrrole nitrogens is 1. The van der Waals surface area contributed by atoms with Gasteiger partial charge < -0.3 is 35.6 Å². The number of nitrogens with two attached hydrogens (primary N) is 1. The number of aromatic amines is 1. The van der Waals surface area contributed by atoms with Gasteiger partial charge in [-0.2, -0.15) is 20.4 Å². The van der Waals surface area contributed by atoms with E-state index in [9.17, 15) is 46.3 Å². The summed E-state index contributed by atoms with van der Waals surface area (Å²) >= 11 is 1.48. The van der Waals surface area contributed by atoms with Crippen molar-refractivity contribution in [3.8, 4) is 90.2 Å². The van der Waals surface area contributed by atoms with Gasteiger partial charge in [-0.15, -0.1) is 11.3 Å². The van der Waals surface area contributed by atoms with Gasteiger partial charge in [0, 0.05) is 128 Å². The highest BCUT2D eigenvalue weighted by Crippen LogP contribution is 2.35. The standard InChI is InChI=1S/C30H29FN4O2.C30H25N5O2.C24H21F2N5OS.C22H25FN4O/c1-20-16-25(9-11-27(20)31)28-18-29(23-6-4-3-5-7-23)35(33-28)19-30(37)34-14-12-22-8-10-26(32-21(2)36)17-24(22)13-15-34;36-28(34-17-16-25-24(19-34)30(37)32-29(31-25)23-14-8-3-9-15-23)20-35-27(22-12-6-2-7-13-22)18-26(33-35)21-10-4-1-5-11-21;25-17-5-1-15(2-6-17)20-13-21(16-3-7-18(26)8-4-16)31(29-20)14-23(32)30-11-9-19-22(10-12-30)33-24(27)28-19;1-3-19-11-21(16-4-5-20(23)15(2)10-16)25-27(19)14-22(28)26-8-6-17-12-24-13-18(17)7-9-26/h3-11,16-18H,12-15,19H2,1-2H3,(H,32,36);1-15,18H,16-17,19-20H2,(H,31,32,37);1-8,13H,9-12,14H2,(H2,27,28);4-5,10-12H,3,6-9,13-14H2,1-2H3. The first kappa shape index (κ1) is 91.5. The van der Waals surface area contributed by atoms with Gasteiger partial charge >= 0.3 is 0 Å². The van der Waals surface area contributed by atoms with Crippen molar-refractivity contribution >= 4 is 57.9 Å². The van der Waals surface area contributed by atoms with Crippen molar-refractivity contribution in [1.29, 1.82) is 0 Å². The molecule has 0 unspecified atom stereocenters. The normalized spacial score (nSPS) is 13.8. The van der Waals surface area contributed by atoms with Crippen molar-refractivity contribution in [1.82, 2.24) is 73.7 Å². The van der Waals surface area contributed by atoms with Crippen molar-refractivity contribution in [3.05, 3.63) is 343 Å². The lowest BCUT2D eigenvalue weighted by Crippen LogP contribution is -2.41. The largest absolute Gasteiger partial charge is 0.375 e. The molecule has 0 radical (unpaired) electrons. The Balaban J connectivity index is 0.000000126. The van der Waals surface area contributed by atoms with Crippen LogP contribution in [0.2, 0.25) is 0 Å². The number of anilines is 2. The number of amides is 5. The smallest absolute Gasteiger partial charge is 0.256 e. The molecule has 5 aliphatic heterocycles. The number of halogens is 4. The minimum atomic E-state index is -0.342. The van der Waals surface area contributed by atoms with E-state index in [0.717, 1.165) is 159 Å². The SMILES string of the molecule is CC(=O)Nc1ccc2c(c1)CCN(C(=O)Cn1nc(-c3ccc(F)c(C)c3)cc1-c1ccccc1)CC2.CCc1cc(-c2ccc(F)c(C)c2)nn1CC(=O)N1CCC2=C(CC1)CN=C2.Nc1nc2c(s1)CCN(C(=O)Cn1nc(-c3ccc(F)cc3)cc1-c1ccc(F)cc1)CC2.O=C(Cn1nc(-c2ccccc2)cc1-c1ccccc1)N1CCc2nc(-c3ccccc3)[nH]c(=O)c2C1. The molecular weight excluding hydrogens is 1730 g/mol. The first-order chi connectivity index (χ1) is 65.5. The monoisotopic (exact) mass is 1830 g/mol. The molecule has 135 heavy (non-hydrogen) atoms. The molecule has 0 atom stereocenters. The van der Waals surface area contributed by atoms with Crippen LogP contribution >= 0.6 is 11.3 Å². The fourth-order valence-electron chi connectivity index (χ4n) is 17.4. The number of carbonyl (C=O) groups is 5. The Morgan fingerprint density at radius 2 is 0.859 bits per heavy atom. The van der Waals surface area contributed by atoms with E-state index in [1.54, 1.807) is 86.0 Å². The van der Waals surface area contributed by atoms with E-state index in [0.29, 0.717) is 90.3 Å². The van der Waals surface area contributed by atoms with Gasteiger partial charge in [0.2, 0.25) is 29.5 Å². The summed E-state index contributed by atoms with van der Waals surface area (Å²) < 4.78 is 61.2. The Kier molecular flexibility index (Phi) is 28.2. The van der Waals surface area contributed by atoms with Crippen LogP contribution < -0.4 is 16.6 Å². The number of aromatic nitrogens is 11. The van der Waals surface area contributed by atoms with Gasteiger partial charge in [0.05, 0.1) is 69.9 Å². The fraction of sp³-hybridized carbons (Fsp3) is 0.236. The highest BCUT2D eigenvalue weighted by molar-refractivity contribution is 7.15. The van der Waals surface area contributed by atoms with Gasteiger partial charge in [-0.3, -0.25) is 52.5 Å². The molecule has 5 aliphatic rings. The number of hydrogen-bond donors (Lipinski definition) is 3. The quantitative estimate of drug-likeness (QED) is 0.0675. The first-order valence-electron chi connectivity index (χ1n) is 45.2. The third kappa shape index (κ3) is 22.0.